The van der Waals surface area contributed by atoms with E-state index in [9.17, 15) is 9.18 Å². The lowest BCUT2D eigenvalue weighted by Gasteiger charge is -2.19. The molecule has 4 aromatic rings. The number of pyridine rings is 1. The van der Waals surface area contributed by atoms with E-state index in [1.807, 2.05) is 25.5 Å². The molecule has 0 radical (unpaired) electrons. The average Bonchev–Trinajstić information content (AvgIpc) is 3.29. The molecule has 0 saturated carbocycles. The summed E-state index contributed by atoms with van der Waals surface area (Å²) in [5, 5.41) is 5.12. The Morgan fingerprint density at radius 2 is 1.93 bits per heavy atom. The Labute approximate surface area is 178 Å². The van der Waals surface area contributed by atoms with Crippen molar-refractivity contribution in [1.29, 1.82) is 0 Å². The highest BCUT2D eigenvalue weighted by Crippen LogP contribution is 2.33. The summed E-state index contributed by atoms with van der Waals surface area (Å²) in [6.07, 6.45) is 1.67. The van der Waals surface area contributed by atoms with Gasteiger partial charge in [-0.15, -0.1) is 11.3 Å². The fourth-order valence-corrected chi connectivity index (χ4v) is 4.54. The first-order valence-electron chi connectivity index (χ1n) is 9.76. The SMILES string of the molecule is Cc1cc(-c2cc(C(=O)N(C)c3ccccc3F)c3cnn(C(C)C)c3n2)c(C)s1. The molecule has 0 N–H and O–H groups in total. The Balaban J connectivity index is 1.93. The van der Waals surface area contributed by atoms with E-state index in [2.05, 4.69) is 18.1 Å². The molecule has 0 aliphatic carbocycles. The highest BCUT2D eigenvalue weighted by Gasteiger charge is 2.23. The monoisotopic (exact) mass is 422 g/mol. The number of nitrogens with zero attached hydrogens (tertiary/aromatic N) is 4. The molecule has 3 heterocycles. The van der Waals surface area contributed by atoms with Crippen molar-refractivity contribution in [3.8, 4) is 11.3 Å². The van der Waals surface area contributed by atoms with Crippen LogP contribution in [-0.2, 0) is 0 Å². The summed E-state index contributed by atoms with van der Waals surface area (Å²) >= 11 is 1.69. The molecular weight excluding hydrogens is 399 g/mol. The summed E-state index contributed by atoms with van der Waals surface area (Å²) in [5.74, 6) is -0.747. The van der Waals surface area contributed by atoms with Crippen LogP contribution in [0.15, 0.2) is 42.6 Å². The van der Waals surface area contributed by atoms with Crippen molar-refractivity contribution in [2.24, 2.45) is 0 Å². The number of amides is 1. The summed E-state index contributed by atoms with van der Waals surface area (Å²) in [6, 6.07) is 10.2. The van der Waals surface area contributed by atoms with E-state index in [0.717, 1.165) is 16.1 Å². The molecule has 5 nitrogen and oxygen atoms in total. The largest absolute Gasteiger partial charge is 0.309 e. The maximum absolute atomic E-state index is 14.3. The molecule has 0 spiro atoms. The average molecular weight is 423 g/mol. The van der Waals surface area contributed by atoms with Crippen LogP contribution in [0.4, 0.5) is 10.1 Å². The van der Waals surface area contributed by atoms with Crippen LogP contribution in [0.25, 0.3) is 22.3 Å². The van der Waals surface area contributed by atoms with E-state index in [1.165, 1.54) is 15.8 Å². The first kappa shape index (κ1) is 20.2. The van der Waals surface area contributed by atoms with Crippen LogP contribution >= 0.6 is 11.3 Å². The third kappa shape index (κ3) is 3.39. The molecule has 7 heteroatoms. The van der Waals surface area contributed by atoms with Crippen LogP contribution in [0.5, 0.6) is 0 Å². The number of anilines is 1. The van der Waals surface area contributed by atoms with Gasteiger partial charge in [-0.1, -0.05) is 12.1 Å². The van der Waals surface area contributed by atoms with Crippen LogP contribution in [0, 0.1) is 19.7 Å². The highest BCUT2D eigenvalue weighted by atomic mass is 32.1. The molecule has 3 aromatic heterocycles. The third-order valence-electron chi connectivity index (χ3n) is 5.12. The van der Waals surface area contributed by atoms with E-state index in [-0.39, 0.29) is 17.6 Å². The Morgan fingerprint density at radius 1 is 1.20 bits per heavy atom. The molecule has 0 aliphatic rings. The summed E-state index contributed by atoms with van der Waals surface area (Å²) in [6.45, 7) is 8.14. The highest BCUT2D eigenvalue weighted by molar-refractivity contribution is 7.12. The number of halogens is 1. The fourth-order valence-electron chi connectivity index (χ4n) is 3.61. The van der Waals surface area contributed by atoms with E-state index in [1.54, 1.807) is 48.8 Å². The summed E-state index contributed by atoms with van der Waals surface area (Å²) in [5.41, 5.74) is 3.05. The number of aryl methyl sites for hydroxylation is 2. The fraction of sp³-hybridized carbons (Fsp3) is 0.261. The molecular formula is C23H23FN4OS. The topological polar surface area (TPSA) is 51.0 Å². The number of rotatable bonds is 4. The second-order valence-corrected chi connectivity index (χ2v) is 9.08. The van der Waals surface area contributed by atoms with Crippen LogP contribution in [0.3, 0.4) is 0 Å². The molecule has 4 rings (SSSR count). The van der Waals surface area contributed by atoms with Gasteiger partial charge in [0.15, 0.2) is 5.65 Å². The lowest BCUT2D eigenvalue weighted by molar-refractivity contribution is 0.0993. The lowest BCUT2D eigenvalue weighted by atomic mass is 10.1. The van der Waals surface area contributed by atoms with E-state index in [0.29, 0.717) is 16.6 Å². The number of para-hydroxylation sites is 1. The van der Waals surface area contributed by atoms with Crippen LogP contribution in [0.1, 0.15) is 40.0 Å². The van der Waals surface area contributed by atoms with E-state index < -0.39 is 5.82 Å². The van der Waals surface area contributed by atoms with Crippen molar-refractivity contribution >= 4 is 34.0 Å². The molecule has 1 amide bonds. The summed E-state index contributed by atoms with van der Waals surface area (Å²) < 4.78 is 16.1. The maximum Gasteiger partial charge on any atom is 0.258 e. The number of fused-ring (bicyclic) bond motifs is 1. The minimum absolute atomic E-state index is 0.0859. The first-order valence-corrected chi connectivity index (χ1v) is 10.6. The molecule has 30 heavy (non-hydrogen) atoms. The van der Waals surface area contributed by atoms with Gasteiger partial charge in [0, 0.05) is 28.4 Å². The quantitative estimate of drug-likeness (QED) is 0.419. The molecule has 154 valence electrons. The standard InChI is InChI=1S/C23H23FN4OS/c1-13(2)28-22-18(12-25-28)17(11-20(26-22)16-10-14(3)30-15(16)4)23(29)27(5)21-9-7-6-8-19(21)24/h6-13H,1-5H3. The molecule has 0 aliphatic heterocycles. The smallest absolute Gasteiger partial charge is 0.258 e. The zero-order chi connectivity index (χ0) is 21.6. The minimum atomic E-state index is -0.443. The van der Waals surface area contributed by atoms with Gasteiger partial charge >= 0.3 is 0 Å². The van der Waals surface area contributed by atoms with Crippen molar-refractivity contribution in [3.63, 3.8) is 0 Å². The van der Waals surface area contributed by atoms with Gasteiger partial charge in [0.25, 0.3) is 5.91 Å². The molecule has 0 bridgehead atoms. The first-order chi connectivity index (χ1) is 14.3. The molecule has 0 saturated heterocycles. The van der Waals surface area contributed by atoms with Crippen molar-refractivity contribution in [3.05, 3.63) is 63.7 Å². The zero-order valence-electron chi connectivity index (χ0n) is 17.6. The minimum Gasteiger partial charge on any atom is -0.309 e. The summed E-state index contributed by atoms with van der Waals surface area (Å²) in [7, 11) is 1.58. The number of aromatic nitrogens is 3. The predicted octanol–water partition coefficient (Wildman–Crippen LogP) is 5.77. The van der Waals surface area contributed by atoms with Crippen LogP contribution in [-0.4, -0.2) is 27.7 Å². The van der Waals surface area contributed by atoms with Gasteiger partial charge in [0.2, 0.25) is 0 Å². The third-order valence-corrected chi connectivity index (χ3v) is 6.09. The number of hydrogen-bond acceptors (Lipinski definition) is 4. The predicted molar refractivity (Wildman–Crippen MR) is 120 cm³/mol. The second kappa shape index (κ2) is 7.65. The normalized spacial score (nSPS) is 11.4. The van der Waals surface area contributed by atoms with Crippen molar-refractivity contribution in [2.45, 2.75) is 33.7 Å². The Morgan fingerprint density at radius 3 is 2.57 bits per heavy atom. The van der Waals surface area contributed by atoms with Gasteiger partial charge in [-0.05, 0) is 52.0 Å². The number of thiophene rings is 1. The number of carbonyl (C=O) groups is 1. The Kier molecular flexibility index (Phi) is 5.15. The van der Waals surface area contributed by atoms with E-state index >= 15 is 0 Å². The lowest BCUT2D eigenvalue weighted by Crippen LogP contribution is -2.27. The molecule has 0 fully saturated rings. The number of hydrogen-bond donors (Lipinski definition) is 0. The van der Waals surface area contributed by atoms with Gasteiger partial charge in [-0.3, -0.25) is 4.79 Å². The molecule has 0 atom stereocenters. The van der Waals surface area contributed by atoms with Crippen LogP contribution < -0.4 is 4.90 Å². The molecule has 1 aromatic carbocycles. The zero-order valence-corrected chi connectivity index (χ0v) is 18.4. The van der Waals surface area contributed by atoms with E-state index in [4.69, 9.17) is 4.98 Å². The Hall–Kier alpha value is -3.06. The van der Waals surface area contributed by atoms with Crippen molar-refractivity contribution < 1.29 is 9.18 Å². The summed E-state index contributed by atoms with van der Waals surface area (Å²) in [4.78, 5) is 22.0. The van der Waals surface area contributed by atoms with Crippen molar-refractivity contribution in [2.75, 3.05) is 11.9 Å². The van der Waals surface area contributed by atoms with Crippen molar-refractivity contribution in [1.82, 2.24) is 14.8 Å². The van der Waals surface area contributed by atoms with Gasteiger partial charge < -0.3 is 4.90 Å². The van der Waals surface area contributed by atoms with Gasteiger partial charge in [-0.2, -0.15) is 5.10 Å². The number of benzene rings is 1. The van der Waals surface area contributed by atoms with Gasteiger partial charge in [0.05, 0.1) is 28.5 Å². The number of carbonyl (C=O) groups excluding carboxylic acids is 1. The van der Waals surface area contributed by atoms with Crippen LogP contribution in [0.2, 0.25) is 0 Å². The van der Waals surface area contributed by atoms with Gasteiger partial charge in [-0.25, -0.2) is 14.1 Å². The maximum atomic E-state index is 14.3. The second-order valence-electron chi connectivity index (χ2n) is 7.62. The van der Waals surface area contributed by atoms with Gasteiger partial charge in [0.1, 0.15) is 5.82 Å². The Bertz CT molecular complexity index is 1260. The molecule has 0 unspecified atom stereocenters.